The quantitative estimate of drug-likeness (QED) is 0.731. The number of carbonyl (C=O) groups excluding carboxylic acids is 1. The van der Waals surface area contributed by atoms with E-state index in [9.17, 15) is 4.79 Å². The minimum atomic E-state index is -0.778. The topological polar surface area (TPSA) is 29.1 Å². The highest BCUT2D eigenvalue weighted by Crippen LogP contribution is 2.34. The van der Waals surface area contributed by atoms with Crippen LogP contribution in [0, 0.1) is 6.92 Å². The molecule has 1 N–H and O–H groups in total. The molecule has 0 aliphatic rings. The minimum absolute atomic E-state index is 0.0342. The molecular formula is C21H20NOP. The van der Waals surface area contributed by atoms with Crippen LogP contribution in [-0.4, -0.2) is 13.0 Å². The Morgan fingerprint density at radius 2 is 1.38 bits per heavy atom. The second kappa shape index (κ2) is 7.42. The molecule has 0 saturated carbocycles. The molecule has 3 rings (SSSR count). The van der Waals surface area contributed by atoms with Crippen LogP contribution in [0.15, 0.2) is 78.9 Å². The molecule has 0 unspecified atom stereocenters. The van der Waals surface area contributed by atoms with Crippen molar-refractivity contribution in [3.63, 3.8) is 0 Å². The second-order valence-corrected chi connectivity index (χ2v) is 7.79. The Morgan fingerprint density at radius 1 is 0.833 bits per heavy atom. The van der Waals surface area contributed by atoms with E-state index in [1.54, 1.807) is 7.05 Å². The van der Waals surface area contributed by atoms with Crippen LogP contribution in [0.4, 0.5) is 0 Å². The van der Waals surface area contributed by atoms with Crippen LogP contribution in [0.3, 0.4) is 0 Å². The lowest BCUT2D eigenvalue weighted by Crippen LogP contribution is -2.29. The van der Waals surface area contributed by atoms with Crippen molar-refractivity contribution in [1.29, 1.82) is 0 Å². The van der Waals surface area contributed by atoms with Crippen molar-refractivity contribution in [3.05, 3.63) is 90.0 Å². The third kappa shape index (κ3) is 3.39. The van der Waals surface area contributed by atoms with E-state index in [-0.39, 0.29) is 5.91 Å². The second-order valence-electron chi connectivity index (χ2n) is 5.61. The Morgan fingerprint density at radius 3 is 1.88 bits per heavy atom. The zero-order valence-electron chi connectivity index (χ0n) is 13.9. The minimum Gasteiger partial charge on any atom is -0.355 e. The first-order chi connectivity index (χ1) is 11.7. The van der Waals surface area contributed by atoms with Gasteiger partial charge in [0.25, 0.3) is 5.91 Å². The summed E-state index contributed by atoms with van der Waals surface area (Å²) < 4.78 is 0. The molecule has 3 aromatic carbocycles. The van der Waals surface area contributed by atoms with Crippen LogP contribution in [-0.2, 0) is 0 Å². The summed E-state index contributed by atoms with van der Waals surface area (Å²) in [5.41, 5.74) is 1.85. The summed E-state index contributed by atoms with van der Waals surface area (Å²) in [5.74, 6) is -0.0342. The maximum absolute atomic E-state index is 12.5. The molecule has 24 heavy (non-hydrogen) atoms. The molecule has 0 radical (unpaired) electrons. The lowest BCUT2D eigenvalue weighted by Gasteiger charge is -2.22. The van der Waals surface area contributed by atoms with E-state index in [1.165, 1.54) is 10.6 Å². The Bertz CT molecular complexity index is 791. The molecule has 1 amide bonds. The Hall–Kier alpha value is -2.44. The fourth-order valence-electron chi connectivity index (χ4n) is 2.74. The third-order valence-electron chi connectivity index (χ3n) is 3.89. The fourth-order valence-corrected chi connectivity index (χ4v) is 5.17. The average Bonchev–Trinajstić information content (AvgIpc) is 2.64. The van der Waals surface area contributed by atoms with E-state index in [2.05, 4.69) is 66.0 Å². The van der Waals surface area contributed by atoms with Crippen molar-refractivity contribution in [3.8, 4) is 0 Å². The number of aryl methyl sites for hydroxylation is 1. The highest BCUT2D eigenvalue weighted by atomic mass is 31.1. The van der Waals surface area contributed by atoms with E-state index >= 15 is 0 Å². The monoisotopic (exact) mass is 333 g/mol. The van der Waals surface area contributed by atoms with Crippen molar-refractivity contribution >= 4 is 29.7 Å². The molecular weight excluding hydrogens is 313 g/mol. The molecule has 0 saturated heterocycles. The molecule has 0 bridgehead atoms. The fraction of sp³-hybridized carbons (Fsp3) is 0.0952. The van der Waals surface area contributed by atoms with E-state index < -0.39 is 7.92 Å². The molecule has 0 aromatic heterocycles. The molecule has 0 heterocycles. The van der Waals surface area contributed by atoms with Crippen LogP contribution in [0.5, 0.6) is 0 Å². The molecule has 0 fully saturated rings. The van der Waals surface area contributed by atoms with Gasteiger partial charge in [0.1, 0.15) is 0 Å². The molecule has 2 nitrogen and oxygen atoms in total. The molecule has 0 aliphatic heterocycles. The normalized spacial score (nSPS) is 10.6. The Balaban J connectivity index is 2.22. The van der Waals surface area contributed by atoms with Gasteiger partial charge in [-0.1, -0.05) is 78.4 Å². The first-order valence-electron chi connectivity index (χ1n) is 7.93. The maximum atomic E-state index is 12.5. The average molecular weight is 333 g/mol. The van der Waals surface area contributed by atoms with Gasteiger partial charge in [0.15, 0.2) is 0 Å². The van der Waals surface area contributed by atoms with Gasteiger partial charge in [0, 0.05) is 12.6 Å². The molecule has 3 aromatic rings. The van der Waals surface area contributed by atoms with Crippen molar-refractivity contribution in [2.45, 2.75) is 6.92 Å². The Kier molecular flexibility index (Phi) is 5.08. The third-order valence-corrected chi connectivity index (χ3v) is 6.39. The zero-order chi connectivity index (χ0) is 16.9. The van der Waals surface area contributed by atoms with Gasteiger partial charge in [-0.2, -0.15) is 0 Å². The van der Waals surface area contributed by atoms with Crippen molar-refractivity contribution in [2.24, 2.45) is 0 Å². The molecule has 120 valence electrons. The van der Waals surface area contributed by atoms with Gasteiger partial charge in [-0.25, -0.2) is 0 Å². The summed E-state index contributed by atoms with van der Waals surface area (Å²) in [6, 6.07) is 27.0. The summed E-state index contributed by atoms with van der Waals surface area (Å²) in [7, 11) is 0.904. The largest absolute Gasteiger partial charge is 0.355 e. The smallest absolute Gasteiger partial charge is 0.251 e. The van der Waals surface area contributed by atoms with Crippen LogP contribution in [0.2, 0.25) is 0 Å². The van der Waals surface area contributed by atoms with Gasteiger partial charge >= 0.3 is 0 Å². The number of rotatable bonds is 4. The van der Waals surface area contributed by atoms with Crippen molar-refractivity contribution in [1.82, 2.24) is 5.32 Å². The van der Waals surface area contributed by atoms with Gasteiger partial charge in [-0.05, 0) is 36.8 Å². The maximum Gasteiger partial charge on any atom is 0.251 e. The molecule has 3 heteroatoms. The summed E-state index contributed by atoms with van der Waals surface area (Å²) in [5, 5.41) is 6.35. The Labute approximate surface area is 144 Å². The van der Waals surface area contributed by atoms with Crippen LogP contribution in [0.25, 0.3) is 0 Å². The molecule has 0 atom stereocenters. The van der Waals surface area contributed by atoms with Crippen molar-refractivity contribution < 1.29 is 4.79 Å². The number of carbonyl (C=O) groups is 1. The van der Waals surface area contributed by atoms with Gasteiger partial charge in [-0.15, -0.1) is 0 Å². The van der Waals surface area contributed by atoms with E-state index in [4.69, 9.17) is 0 Å². The molecule has 0 aliphatic carbocycles. The predicted molar refractivity (Wildman–Crippen MR) is 103 cm³/mol. The number of hydrogen-bond donors (Lipinski definition) is 1. The van der Waals surface area contributed by atoms with Gasteiger partial charge in [-0.3, -0.25) is 4.79 Å². The lowest BCUT2D eigenvalue weighted by atomic mass is 10.1. The number of nitrogens with one attached hydrogen (secondary N) is 1. The summed E-state index contributed by atoms with van der Waals surface area (Å²) in [6.07, 6.45) is 0. The predicted octanol–water partition coefficient (Wildman–Crippen LogP) is 3.11. The number of hydrogen-bond acceptors (Lipinski definition) is 1. The highest BCUT2D eigenvalue weighted by molar-refractivity contribution is 7.80. The summed E-state index contributed by atoms with van der Waals surface area (Å²) >= 11 is 0. The SMILES string of the molecule is CNC(=O)c1cc(C)ccc1P(c1ccccc1)c1ccccc1. The standard InChI is InChI=1S/C21H20NOP/c1-16-13-14-20(19(15-16)21(23)22-2)24(17-9-5-3-6-10-17)18-11-7-4-8-12-18/h3-15H,1-2H3,(H,22,23). The summed E-state index contributed by atoms with van der Waals surface area (Å²) in [4.78, 5) is 12.5. The van der Waals surface area contributed by atoms with Gasteiger partial charge in [0.05, 0.1) is 0 Å². The van der Waals surface area contributed by atoms with Crippen LogP contribution in [0.1, 0.15) is 15.9 Å². The molecule has 0 spiro atoms. The van der Waals surface area contributed by atoms with Crippen molar-refractivity contribution in [2.75, 3.05) is 7.05 Å². The first-order valence-corrected chi connectivity index (χ1v) is 9.28. The first kappa shape index (κ1) is 16.4. The van der Waals surface area contributed by atoms with E-state index in [0.29, 0.717) is 0 Å². The van der Waals surface area contributed by atoms with E-state index in [0.717, 1.165) is 16.4 Å². The van der Waals surface area contributed by atoms with Gasteiger partial charge in [0.2, 0.25) is 0 Å². The highest BCUT2D eigenvalue weighted by Gasteiger charge is 2.22. The summed E-state index contributed by atoms with van der Waals surface area (Å²) in [6.45, 7) is 2.02. The lowest BCUT2D eigenvalue weighted by molar-refractivity contribution is 0.0964. The zero-order valence-corrected chi connectivity index (χ0v) is 14.8. The number of amides is 1. The van der Waals surface area contributed by atoms with Gasteiger partial charge < -0.3 is 5.32 Å². The van der Waals surface area contributed by atoms with Crippen LogP contribution >= 0.6 is 7.92 Å². The van der Waals surface area contributed by atoms with Crippen LogP contribution < -0.4 is 21.2 Å². The number of benzene rings is 3. The van der Waals surface area contributed by atoms with E-state index in [1.807, 2.05) is 25.1 Å².